The summed E-state index contributed by atoms with van der Waals surface area (Å²) < 4.78 is 5.84. The number of hydrogen-bond acceptors (Lipinski definition) is 3. The zero-order chi connectivity index (χ0) is 12.4. The Morgan fingerprint density at radius 3 is 2.47 bits per heavy atom. The molecule has 3 nitrogen and oxygen atoms in total. The molecule has 0 radical (unpaired) electrons. The predicted octanol–water partition coefficient (Wildman–Crippen LogP) is 3.99. The minimum Gasteiger partial charge on any atom is -0.473 e. The average molecular weight is 275 g/mol. The fourth-order valence-corrected chi connectivity index (χ4v) is 2.80. The van der Waals surface area contributed by atoms with Gasteiger partial charge in [0.2, 0.25) is 11.2 Å². The van der Waals surface area contributed by atoms with E-state index in [0.29, 0.717) is 22.7 Å². The van der Waals surface area contributed by atoms with Crippen LogP contribution in [0.15, 0.2) is 6.20 Å². The molecule has 1 aliphatic carbocycles. The summed E-state index contributed by atoms with van der Waals surface area (Å²) in [5.74, 6) is 1.76. The van der Waals surface area contributed by atoms with Gasteiger partial charge in [0.25, 0.3) is 0 Å². The van der Waals surface area contributed by atoms with Gasteiger partial charge in [-0.1, -0.05) is 25.4 Å². The number of rotatable bonds is 2. The quantitative estimate of drug-likeness (QED) is 0.765. The van der Waals surface area contributed by atoms with Crippen molar-refractivity contribution in [2.75, 3.05) is 0 Å². The number of ether oxygens (including phenoxy) is 1. The molecule has 0 spiro atoms. The van der Waals surface area contributed by atoms with Gasteiger partial charge in [0.1, 0.15) is 11.1 Å². The largest absolute Gasteiger partial charge is 0.473 e. The maximum Gasteiger partial charge on any atom is 0.237 e. The Labute approximate surface area is 112 Å². The number of nitrogens with zero attached hydrogens (tertiary/aromatic N) is 2. The van der Waals surface area contributed by atoms with Crippen LogP contribution in [0.4, 0.5) is 0 Å². The lowest BCUT2D eigenvalue weighted by atomic mass is 9.82. The molecule has 5 heteroatoms. The minimum absolute atomic E-state index is 0.168. The third-order valence-corrected chi connectivity index (χ3v) is 3.54. The van der Waals surface area contributed by atoms with Crippen molar-refractivity contribution in [3.63, 3.8) is 0 Å². The Kier molecular flexibility index (Phi) is 4.10. The van der Waals surface area contributed by atoms with Crippen LogP contribution in [0.5, 0.6) is 5.88 Å². The molecule has 1 aromatic heterocycles. The second kappa shape index (κ2) is 5.40. The normalized spacial score (nSPS) is 29.1. The highest BCUT2D eigenvalue weighted by Gasteiger charge is 2.26. The van der Waals surface area contributed by atoms with Crippen LogP contribution in [-0.4, -0.2) is 16.1 Å². The highest BCUT2D eigenvalue weighted by atomic mass is 35.5. The van der Waals surface area contributed by atoms with Gasteiger partial charge >= 0.3 is 0 Å². The molecule has 0 aromatic carbocycles. The van der Waals surface area contributed by atoms with Crippen molar-refractivity contribution in [3.8, 4) is 5.88 Å². The third-order valence-electron chi connectivity index (χ3n) is 3.10. The number of aromatic nitrogens is 2. The van der Waals surface area contributed by atoms with Crippen molar-refractivity contribution in [1.29, 1.82) is 0 Å². The maximum absolute atomic E-state index is 5.98. The summed E-state index contributed by atoms with van der Waals surface area (Å²) in [6, 6.07) is 0. The molecule has 1 aliphatic rings. The zero-order valence-corrected chi connectivity index (χ0v) is 11.5. The van der Waals surface area contributed by atoms with Crippen molar-refractivity contribution in [1.82, 2.24) is 9.97 Å². The van der Waals surface area contributed by atoms with Crippen molar-refractivity contribution < 1.29 is 4.74 Å². The molecule has 0 saturated heterocycles. The van der Waals surface area contributed by atoms with Crippen LogP contribution < -0.4 is 4.74 Å². The molecule has 1 saturated carbocycles. The monoisotopic (exact) mass is 274 g/mol. The smallest absolute Gasteiger partial charge is 0.237 e. The fraction of sp³-hybridized carbons (Fsp3) is 0.667. The standard InChI is InChI=1S/C12H16Cl2N2O/c1-7-3-8(2)5-9(4-7)17-11-10(13)6-15-12(14)16-11/h6-9H,3-5H2,1-2H3. The Morgan fingerprint density at radius 2 is 1.82 bits per heavy atom. The summed E-state index contributed by atoms with van der Waals surface area (Å²) in [6.07, 6.45) is 5.00. The van der Waals surface area contributed by atoms with Gasteiger partial charge in [-0.2, -0.15) is 4.98 Å². The van der Waals surface area contributed by atoms with Crippen LogP contribution in [0.2, 0.25) is 10.3 Å². The summed E-state index contributed by atoms with van der Waals surface area (Å²) in [5.41, 5.74) is 0. The molecule has 17 heavy (non-hydrogen) atoms. The molecule has 1 fully saturated rings. The van der Waals surface area contributed by atoms with Gasteiger partial charge in [-0.3, -0.25) is 0 Å². The first-order chi connectivity index (χ1) is 8.04. The lowest BCUT2D eigenvalue weighted by molar-refractivity contribution is 0.0967. The summed E-state index contributed by atoms with van der Waals surface area (Å²) in [7, 11) is 0. The lowest BCUT2D eigenvalue weighted by Gasteiger charge is -2.31. The molecule has 1 aromatic rings. The molecule has 2 atom stereocenters. The van der Waals surface area contributed by atoms with Crippen LogP contribution in [0.25, 0.3) is 0 Å². The highest BCUT2D eigenvalue weighted by Crippen LogP contribution is 2.32. The number of hydrogen-bond donors (Lipinski definition) is 0. The van der Waals surface area contributed by atoms with E-state index in [-0.39, 0.29) is 11.4 Å². The lowest BCUT2D eigenvalue weighted by Crippen LogP contribution is -2.28. The second-order valence-electron chi connectivity index (χ2n) is 4.95. The van der Waals surface area contributed by atoms with Gasteiger partial charge in [0.15, 0.2) is 0 Å². The van der Waals surface area contributed by atoms with Gasteiger partial charge in [-0.15, -0.1) is 0 Å². The second-order valence-corrected chi connectivity index (χ2v) is 5.69. The van der Waals surface area contributed by atoms with Crippen LogP contribution >= 0.6 is 23.2 Å². The van der Waals surface area contributed by atoms with E-state index >= 15 is 0 Å². The van der Waals surface area contributed by atoms with E-state index < -0.39 is 0 Å². The molecule has 94 valence electrons. The van der Waals surface area contributed by atoms with Gasteiger partial charge in [-0.05, 0) is 42.7 Å². The van der Waals surface area contributed by atoms with Gasteiger partial charge < -0.3 is 4.74 Å². The van der Waals surface area contributed by atoms with E-state index in [1.807, 2.05) is 0 Å². The molecular formula is C12H16Cl2N2O. The minimum atomic E-state index is 0.168. The van der Waals surface area contributed by atoms with Gasteiger partial charge in [0.05, 0.1) is 6.20 Å². The fourth-order valence-electron chi connectivity index (χ4n) is 2.54. The summed E-state index contributed by atoms with van der Waals surface area (Å²) >= 11 is 11.7. The van der Waals surface area contributed by atoms with Gasteiger partial charge in [-0.25, -0.2) is 4.98 Å². The summed E-state index contributed by atoms with van der Waals surface area (Å²) in [6.45, 7) is 4.50. The number of halogens is 2. The molecule has 0 amide bonds. The Morgan fingerprint density at radius 1 is 1.18 bits per heavy atom. The van der Waals surface area contributed by atoms with Crippen LogP contribution in [-0.2, 0) is 0 Å². The van der Waals surface area contributed by atoms with E-state index in [2.05, 4.69) is 23.8 Å². The first-order valence-electron chi connectivity index (χ1n) is 5.89. The molecule has 0 N–H and O–H groups in total. The molecule has 2 rings (SSSR count). The molecule has 0 aliphatic heterocycles. The topological polar surface area (TPSA) is 35.0 Å². The molecule has 0 bridgehead atoms. The van der Waals surface area contributed by atoms with E-state index in [9.17, 15) is 0 Å². The highest BCUT2D eigenvalue weighted by molar-refractivity contribution is 6.32. The van der Waals surface area contributed by atoms with E-state index in [1.165, 1.54) is 12.6 Å². The van der Waals surface area contributed by atoms with E-state index in [0.717, 1.165) is 12.8 Å². The van der Waals surface area contributed by atoms with Crippen molar-refractivity contribution in [2.24, 2.45) is 11.8 Å². The zero-order valence-electron chi connectivity index (χ0n) is 9.99. The molecule has 2 unspecified atom stereocenters. The Balaban J connectivity index is 2.07. The van der Waals surface area contributed by atoms with Crippen LogP contribution in [0, 0.1) is 11.8 Å². The Hall–Kier alpha value is -0.540. The third kappa shape index (κ3) is 3.46. The van der Waals surface area contributed by atoms with Crippen molar-refractivity contribution in [2.45, 2.75) is 39.2 Å². The average Bonchev–Trinajstić information content (AvgIpc) is 2.22. The van der Waals surface area contributed by atoms with Crippen LogP contribution in [0.1, 0.15) is 33.1 Å². The Bertz CT molecular complexity index is 390. The van der Waals surface area contributed by atoms with Crippen LogP contribution in [0.3, 0.4) is 0 Å². The maximum atomic E-state index is 5.98. The first kappa shape index (κ1) is 12.9. The van der Waals surface area contributed by atoms with Crippen molar-refractivity contribution >= 4 is 23.2 Å². The van der Waals surface area contributed by atoms with Crippen molar-refractivity contribution in [3.05, 3.63) is 16.5 Å². The summed E-state index contributed by atoms with van der Waals surface area (Å²) in [5, 5.41) is 0.585. The summed E-state index contributed by atoms with van der Waals surface area (Å²) in [4.78, 5) is 7.82. The van der Waals surface area contributed by atoms with E-state index in [1.54, 1.807) is 0 Å². The van der Waals surface area contributed by atoms with Gasteiger partial charge in [0, 0.05) is 0 Å². The predicted molar refractivity (Wildman–Crippen MR) is 68.6 cm³/mol. The SMILES string of the molecule is CC1CC(C)CC(Oc2nc(Cl)ncc2Cl)C1. The molecular weight excluding hydrogens is 259 g/mol. The van der Waals surface area contributed by atoms with E-state index in [4.69, 9.17) is 27.9 Å². The molecule has 1 heterocycles. The first-order valence-corrected chi connectivity index (χ1v) is 6.65.